The number of benzene rings is 1. The topological polar surface area (TPSA) is 24.5 Å². The molecule has 1 aromatic rings. The Hall–Kier alpha value is -0.580. The zero-order chi connectivity index (χ0) is 13.5. The molecular formula is C14H23BrN2O. The molecule has 0 radical (unpaired) electrons. The van der Waals surface area contributed by atoms with Gasteiger partial charge in [0.1, 0.15) is 5.75 Å². The highest BCUT2D eigenvalue weighted by Crippen LogP contribution is 2.23. The van der Waals surface area contributed by atoms with Gasteiger partial charge in [-0.1, -0.05) is 29.8 Å². The fourth-order valence-electron chi connectivity index (χ4n) is 1.78. The molecule has 0 amide bonds. The fraction of sp³-hybridized carbons (Fsp3) is 0.571. The first-order chi connectivity index (χ1) is 8.52. The lowest BCUT2D eigenvalue weighted by Crippen LogP contribution is -2.32. The van der Waals surface area contributed by atoms with Gasteiger partial charge in [0.15, 0.2) is 0 Å². The van der Waals surface area contributed by atoms with Crippen LogP contribution in [0.1, 0.15) is 19.4 Å². The predicted octanol–water partition coefficient (Wildman–Crippen LogP) is 2.89. The molecule has 0 heterocycles. The molecule has 0 aliphatic carbocycles. The third-order valence-electron chi connectivity index (χ3n) is 2.73. The van der Waals surface area contributed by atoms with E-state index >= 15 is 0 Å². The standard InChI is InChI=1S/C14H23BrN2O/c1-11(2)16-7-8-17(3)10-12-9-13(15)5-6-14(12)18-4/h5-6,9,11,16H,7-8,10H2,1-4H3. The van der Waals surface area contributed by atoms with Gasteiger partial charge in [-0.05, 0) is 25.2 Å². The second kappa shape index (κ2) is 7.77. The minimum Gasteiger partial charge on any atom is -0.496 e. The number of likely N-dealkylation sites (N-methyl/N-ethyl adjacent to an activating group) is 1. The summed E-state index contributed by atoms with van der Waals surface area (Å²) >= 11 is 3.50. The maximum atomic E-state index is 5.38. The van der Waals surface area contributed by atoms with Gasteiger partial charge in [0, 0.05) is 35.7 Å². The first-order valence-corrected chi connectivity index (χ1v) is 7.06. The van der Waals surface area contributed by atoms with Gasteiger partial charge in [-0.25, -0.2) is 0 Å². The maximum absolute atomic E-state index is 5.38. The molecule has 0 aliphatic heterocycles. The molecule has 1 N–H and O–H groups in total. The van der Waals surface area contributed by atoms with Crippen LogP contribution >= 0.6 is 15.9 Å². The third-order valence-corrected chi connectivity index (χ3v) is 3.22. The number of methoxy groups -OCH3 is 1. The van der Waals surface area contributed by atoms with Crippen LogP contribution < -0.4 is 10.1 Å². The van der Waals surface area contributed by atoms with Gasteiger partial charge in [-0.2, -0.15) is 0 Å². The van der Waals surface area contributed by atoms with Crippen LogP contribution in [-0.4, -0.2) is 38.2 Å². The Balaban J connectivity index is 2.52. The number of nitrogens with one attached hydrogen (secondary N) is 1. The van der Waals surface area contributed by atoms with Crippen LogP contribution in [0.2, 0.25) is 0 Å². The Morgan fingerprint density at radius 2 is 2.11 bits per heavy atom. The molecule has 0 aromatic heterocycles. The quantitative estimate of drug-likeness (QED) is 0.837. The number of hydrogen-bond acceptors (Lipinski definition) is 3. The van der Waals surface area contributed by atoms with Crippen LogP contribution in [0.15, 0.2) is 22.7 Å². The average molecular weight is 315 g/mol. The van der Waals surface area contributed by atoms with Crippen molar-refractivity contribution in [1.82, 2.24) is 10.2 Å². The summed E-state index contributed by atoms with van der Waals surface area (Å²) in [4.78, 5) is 2.29. The van der Waals surface area contributed by atoms with Crippen molar-refractivity contribution in [2.45, 2.75) is 26.4 Å². The van der Waals surface area contributed by atoms with E-state index in [1.54, 1.807) is 7.11 Å². The lowest BCUT2D eigenvalue weighted by atomic mass is 10.2. The summed E-state index contributed by atoms with van der Waals surface area (Å²) in [5.74, 6) is 0.946. The SMILES string of the molecule is COc1ccc(Br)cc1CN(C)CCNC(C)C. The van der Waals surface area contributed by atoms with Crippen LogP contribution in [0.3, 0.4) is 0 Å². The van der Waals surface area contributed by atoms with Gasteiger partial charge in [0.25, 0.3) is 0 Å². The summed E-state index contributed by atoms with van der Waals surface area (Å²) < 4.78 is 6.47. The lowest BCUT2D eigenvalue weighted by Gasteiger charge is -2.19. The maximum Gasteiger partial charge on any atom is 0.123 e. The molecule has 0 unspecified atom stereocenters. The number of halogens is 1. The fourth-order valence-corrected chi connectivity index (χ4v) is 2.19. The van der Waals surface area contributed by atoms with Gasteiger partial charge in [-0.3, -0.25) is 0 Å². The van der Waals surface area contributed by atoms with Crippen LogP contribution in [0.25, 0.3) is 0 Å². The minimum absolute atomic E-state index is 0.541. The van der Waals surface area contributed by atoms with Crippen molar-refractivity contribution in [3.05, 3.63) is 28.2 Å². The van der Waals surface area contributed by atoms with E-state index in [1.807, 2.05) is 12.1 Å². The van der Waals surface area contributed by atoms with E-state index in [-0.39, 0.29) is 0 Å². The molecule has 3 nitrogen and oxygen atoms in total. The molecule has 4 heteroatoms. The lowest BCUT2D eigenvalue weighted by molar-refractivity contribution is 0.311. The summed E-state index contributed by atoms with van der Waals surface area (Å²) in [6.45, 7) is 7.25. The van der Waals surface area contributed by atoms with Crippen molar-refractivity contribution >= 4 is 15.9 Å². The number of ether oxygens (including phenoxy) is 1. The molecule has 1 aromatic carbocycles. The zero-order valence-corrected chi connectivity index (χ0v) is 13.3. The summed E-state index contributed by atoms with van der Waals surface area (Å²) in [7, 11) is 3.84. The summed E-state index contributed by atoms with van der Waals surface area (Å²) in [6.07, 6.45) is 0. The van der Waals surface area contributed by atoms with E-state index in [1.165, 1.54) is 5.56 Å². The van der Waals surface area contributed by atoms with Crippen molar-refractivity contribution < 1.29 is 4.74 Å². The number of rotatable bonds is 7. The van der Waals surface area contributed by atoms with Crippen molar-refractivity contribution in [3.8, 4) is 5.75 Å². The molecular weight excluding hydrogens is 292 g/mol. The van der Waals surface area contributed by atoms with Crippen LogP contribution in [0.5, 0.6) is 5.75 Å². The zero-order valence-electron chi connectivity index (χ0n) is 11.7. The Morgan fingerprint density at radius 1 is 1.39 bits per heavy atom. The van der Waals surface area contributed by atoms with Crippen LogP contribution in [-0.2, 0) is 6.54 Å². The van der Waals surface area contributed by atoms with Crippen molar-refractivity contribution in [3.63, 3.8) is 0 Å². The molecule has 0 bridgehead atoms. The molecule has 0 saturated carbocycles. The minimum atomic E-state index is 0.541. The number of nitrogens with zero attached hydrogens (tertiary/aromatic N) is 1. The largest absolute Gasteiger partial charge is 0.496 e. The first kappa shape index (κ1) is 15.5. The van der Waals surface area contributed by atoms with Gasteiger partial charge in [0.2, 0.25) is 0 Å². The van der Waals surface area contributed by atoms with E-state index in [9.17, 15) is 0 Å². The van der Waals surface area contributed by atoms with Gasteiger partial charge in [0.05, 0.1) is 7.11 Å². The average Bonchev–Trinajstić information content (AvgIpc) is 2.28. The molecule has 0 aliphatic rings. The second-order valence-electron chi connectivity index (χ2n) is 4.80. The Bertz CT molecular complexity index is 369. The molecule has 0 atom stereocenters. The van der Waals surface area contributed by atoms with Crippen molar-refractivity contribution in [2.75, 3.05) is 27.2 Å². The smallest absolute Gasteiger partial charge is 0.123 e. The molecule has 0 saturated heterocycles. The van der Waals surface area contributed by atoms with E-state index in [4.69, 9.17) is 4.74 Å². The molecule has 1 rings (SSSR count). The van der Waals surface area contributed by atoms with Crippen LogP contribution in [0, 0.1) is 0 Å². The van der Waals surface area contributed by atoms with E-state index < -0.39 is 0 Å². The Kier molecular flexibility index (Phi) is 6.68. The third kappa shape index (κ3) is 5.38. The molecule has 0 fully saturated rings. The normalized spacial score (nSPS) is 11.3. The first-order valence-electron chi connectivity index (χ1n) is 6.27. The van der Waals surface area contributed by atoms with Gasteiger partial charge >= 0.3 is 0 Å². The molecule has 102 valence electrons. The summed E-state index contributed by atoms with van der Waals surface area (Å²) in [5.41, 5.74) is 1.21. The molecule has 18 heavy (non-hydrogen) atoms. The highest BCUT2D eigenvalue weighted by Gasteiger charge is 2.07. The monoisotopic (exact) mass is 314 g/mol. The van der Waals surface area contributed by atoms with Crippen LogP contribution in [0.4, 0.5) is 0 Å². The second-order valence-corrected chi connectivity index (χ2v) is 5.72. The predicted molar refractivity (Wildman–Crippen MR) is 80.2 cm³/mol. The highest BCUT2D eigenvalue weighted by atomic mass is 79.9. The Morgan fingerprint density at radius 3 is 2.72 bits per heavy atom. The van der Waals surface area contributed by atoms with E-state index in [0.717, 1.165) is 29.9 Å². The Labute approximate surface area is 119 Å². The highest BCUT2D eigenvalue weighted by molar-refractivity contribution is 9.10. The van der Waals surface area contributed by atoms with Crippen molar-refractivity contribution in [1.29, 1.82) is 0 Å². The van der Waals surface area contributed by atoms with Crippen molar-refractivity contribution in [2.24, 2.45) is 0 Å². The van der Waals surface area contributed by atoms with E-state index in [2.05, 4.69) is 53.1 Å². The summed E-state index contributed by atoms with van der Waals surface area (Å²) in [5, 5.41) is 3.42. The van der Waals surface area contributed by atoms with Gasteiger partial charge in [-0.15, -0.1) is 0 Å². The van der Waals surface area contributed by atoms with E-state index in [0.29, 0.717) is 6.04 Å². The van der Waals surface area contributed by atoms with Gasteiger partial charge < -0.3 is 15.0 Å². The summed E-state index contributed by atoms with van der Waals surface area (Å²) in [6, 6.07) is 6.66. The molecule has 0 spiro atoms. The number of hydrogen-bond donors (Lipinski definition) is 1.